The number of hydrogen-bond donors (Lipinski definition) is 3. The molecule has 6 nitrogen and oxygen atoms in total. The average Bonchev–Trinajstić information content (AvgIpc) is 2.28. The van der Waals surface area contributed by atoms with Gasteiger partial charge in [-0.2, -0.15) is 0 Å². The van der Waals surface area contributed by atoms with Gasteiger partial charge in [0.1, 0.15) is 10.3 Å². The van der Waals surface area contributed by atoms with Crippen molar-refractivity contribution in [1.29, 1.82) is 0 Å². The van der Waals surface area contributed by atoms with Crippen molar-refractivity contribution in [2.45, 2.75) is 12.5 Å². The lowest BCUT2D eigenvalue weighted by molar-refractivity contribution is -0.146. The van der Waals surface area contributed by atoms with E-state index in [-0.39, 0.29) is 28.8 Å². The molecule has 3 N–H and O–H groups in total. The van der Waals surface area contributed by atoms with Gasteiger partial charge in [0.15, 0.2) is 6.10 Å². The van der Waals surface area contributed by atoms with E-state index in [2.05, 4.69) is 10.3 Å². The molecule has 8 heteroatoms. The first-order chi connectivity index (χ1) is 8.41. The third-order valence-corrected chi connectivity index (χ3v) is 2.55. The van der Waals surface area contributed by atoms with Crippen molar-refractivity contribution in [1.82, 2.24) is 10.3 Å². The van der Waals surface area contributed by atoms with Gasteiger partial charge in [-0.25, -0.2) is 9.78 Å². The molecule has 1 unspecified atom stereocenters. The number of halogens is 2. The van der Waals surface area contributed by atoms with Crippen LogP contribution in [0.4, 0.5) is 0 Å². The molecule has 0 saturated carbocycles. The van der Waals surface area contributed by atoms with Crippen LogP contribution >= 0.6 is 23.2 Å². The highest BCUT2D eigenvalue weighted by Crippen LogP contribution is 2.16. The van der Waals surface area contributed by atoms with Crippen LogP contribution in [0.25, 0.3) is 0 Å². The first-order valence-electron chi connectivity index (χ1n) is 4.93. The Morgan fingerprint density at radius 3 is 2.61 bits per heavy atom. The highest BCUT2D eigenvalue weighted by atomic mass is 35.5. The molecular weight excluding hydrogens is 283 g/mol. The number of amides is 1. The van der Waals surface area contributed by atoms with E-state index < -0.39 is 18.0 Å². The Morgan fingerprint density at radius 1 is 1.39 bits per heavy atom. The number of aliphatic hydroxyl groups is 1. The number of aliphatic carboxylic acids is 1. The molecule has 1 rings (SSSR count). The fourth-order valence-corrected chi connectivity index (χ4v) is 1.55. The van der Waals surface area contributed by atoms with Crippen LogP contribution in [0.2, 0.25) is 10.3 Å². The topological polar surface area (TPSA) is 99.5 Å². The second-order valence-electron chi connectivity index (χ2n) is 3.37. The van der Waals surface area contributed by atoms with Crippen LogP contribution in [0.3, 0.4) is 0 Å². The lowest BCUT2D eigenvalue weighted by Crippen LogP contribution is -2.30. The quantitative estimate of drug-likeness (QED) is 0.702. The molecule has 0 aliphatic carbocycles. The van der Waals surface area contributed by atoms with Crippen LogP contribution < -0.4 is 5.32 Å². The number of rotatable bonds is 5. The predicted molar refractivity (Wildman–Crippen MR) is 64.8 cm³/mol. The number of aliphatic hydroxyl groups excluding tert-OH is 1. The summed E-state index contributed by atoms with van der Waals surface area (Å²) in [6, 6.07) is 2.81. The summed E-state index contributed by atoms with van der Waals surface area (Å²) in [4.78, 5) is 25.6. The highest BCUT2D eigenvalue weighted by molar-refractivity contribution is 6.34. The summed E-state index contributed by atoms with van der Waals surface area (Å²) in [5.74, 6) is -1.85. The van der Waals surface area contributed by atoms with Crippen LogP contribution in [0.1, 0.15) is 16.8 Å². The number of nitrogens with one attached hydrogen (secondary N) is 1. The number of carboxylic acids is 1. The number of carbonyl (C=O) groups excluding carboxylic acids is 1. The van der Waals surface area contributed by atoms with Gasteiger partial charge in [0, 0.05) is 13.0 Å². The maximum atomic E-state index is 11.6. The van der Waals surface area contributed by atoms with E-state index in [1.165, 1.54) is 12.1 Å². The van der Waals surface area contributed by atoms with E-state index in [4.69, 9.17) is 33.4 Å². The van der Waals surface area contributed by atoms with E-state index in [0.29, 0.717) is 0 Å². The summed E-state index contributed by atoms with van der Waals surface area (Å²) in [6.45, 7) is 0.00521. The minimum absolute atomic E-state index is 0.00521. The van der Waals surface area contributed by atoms with Crippen LogP contribution in [-0.4, -0.2) is 39.7 Å². The molecule has 0 bridgehead atoms. The standard InChI is InChI=1S/C10H10Cl2N2O4/c11-7-2-1-5(8(12)14-7)9(16)13-4-3-6(15)10(17)18/h1-2,6,15H,3-4H2,(H,13,16)(H,17,18). The molecule has 98 valence electrons. The maximum absolute atomic E-state index is 11.6. The van der Waals surface area contributed by atoms with Crippen molar-refractivity contribution in [3.8, 4) is 0 Å². The first kappa shape index (κ1) is 14.7. The number of aromatic nitrogens is 1. The molecular formula is C10H10Cl2N2O4. The summed E-state index contributed by atoms with van der Waals surface area (Å²) in [5, 5.41) is 20.0. The monoisotopic (exact) mass is 292 g/mol. The lowest BCUT2D eigenvalue weighted by Gasteiger charge is -2.08. The van der Waals surface area contributed by atoms with Gasteiger partial charge in [0.25, 0.3) is 5.91 Å². The maximum Gasteiger partial charge on any atom is 0.332 e. The molecule has 0 radical (unpaired) electrons. The Kier molecular flexibility index (Phi) is 5.33. The molecule has 0 spiro atoms. The minimum Gasteiger partial charge on any atom is -0.479 e. The zero-order valence-electron chi connectivity index (χ0n) is 9.06. The molecule has 1 amide bonds. The van der Waals surface area contributed by atoms with Crippen LogP contribution in [-0.2, 0) is 4.79 Å². The predicted octanol–water partition coefficient (Wildman–Crippen LogP) is 0.954. The summed E-state index contributed by atoms with van der Waals surface area (Å²) in [7, 11) is 0. The Bertz CT molecular complexity index is 467. The lowest BCUT2D eigenvalue weighted by atomic mass is 10.2. The Morgan fingerprint density at radius 2 is 2.06 bits per heavy atom. The van der Waals surface area contributed by atoms with Crippen molar-refractivity contribution >= 4 is 35.1 Å². The van der Waals surface area contributed by atoms with E-state index in [1.807, 2.05) is 0 Å². The van der Waals surface area contributed by atoms with Gasteiger partial charge in [-0.3, -0.25) is 4.79 Å². The molecule has 1 heterocycles. The fraction of sp³-hybridized carbons (Fsp3) is 0.300. The van der Waals surface area contributed by atoms with Crippen molar-refractivity contribution in [2.24, 2.45) is 0 Å². The van der Waals surface area contributed by atoms with E-state index in [9.17, 15) is 9.59 Å². The molecule has 1 aromatic heterocycles. The zero-order valence-corrected chi connectivity index (χ0v) is 10.6. The van der Waals surface area contributed by atoms with Crippen LogP contribution in [0.15, 0.2) is 12.1 Å². The SMILES string of the molecule is O=C(NCCC(O)C(=O)O)c1ccc(Cl)nc1Cl. The highest BCUT2D eigenvalue weighted by Gasteiger charge is 2.15. The minimum atomic E-state index is -1.51. The average molecular weight is 293 g/mol. The molecule has 18 heavy (non-hydrogen) atoms. The number of carboxylic acid groups (broad SMARTS) is 1. The van der Waals surface area contributed by atoms with Gasteiger partial charge >= 0.3 is 5.97 Å². The van der Waals surface area contributed by atoms with Gasteiger partial charge in [-0.1, -0.05) is 23.2 Å². The van der Waals surface area contributed by atoms with E-state index >= 15 is 0 Å². The van der Waals surface area contributed by atoms with Crippen molar-refractivity contribution < 1.29 is 19.8 Å². The third-order valence-electron chi connectivity index (χ3n) is 2.05. The molecule has 0 fully saturated rings. The van der Waals surface area contributed by atoms with Crippen LogP contribution in [0.5, 0.6) is 0 Å². The van der Waals surface area contributed by atoms with E-state index in [0.717, 1.165) is 0 Å². The molecule has 0 saturated heterocycles. The summed E-state index contributed by atoms with van der Waals surface area (Å²) >= 11 is 11.3. The van der Waals surface area contributed by atoms with Gasteiger partial charge < -0.3 is 15.5 Å². The largest absolute Gasteiger partial charge is 0.479 e. The Balaban J connectivity index is 2.53. The molecule has 0 aliphatic heterocycles. The summed E-state index contributed by atoms with van der Waals surface area (Å²) in [5.41, 5.74) is 0.130. The van der Waals surface area contributed by atoms with Crippen LogP contribution in [0, 0.1) is 0 Å². The number of pyridine rings is 1. The molecule has 0 aromatic carbocycles. The van der Waals surface area contributed by atoms with Crippen molar-refractivity contribution in [2.75, 3.05) is 6.54 Å². The second-order valence-corrected chi connectivity index (χ2v) is 4.12. The zero-order chi connectivity index (χ0) is 13.7. The Labute approximate surface area is 113 Å². The van der Waals surface area contributed by atoms with Gasteiger partial charge in [0.2, 0.25) is 0 Å². The third kappa shape index (κ3) is 4.14. The second kappa shape index (κ2) is 6.53. The van der Waals surface area contributed by atoms with E-state index in [1.54, 1.807) is 0 Å². The molecule has 0 aliphatic rings. The normalized spacial score (nSPS) is 11.9. The smallest absolute Gasteiger partial charge is 0.332 e. The summed E-state index contributed by atoms with van der Waals surface area (Å²) < 4.78 is 0. The molecule has 1 aromatic rings. The fourth-order valence-electron chi connectivity index (χ4n) is 1.12. The summed E-state index contributed by atoms with van der Waals surface area (Å²) in [6.07, 6.45) is -1.61. The van der Waals surface area contributed by atoms with Gasteiger partial charge in [0.05, 0.1) is 5.56 Å². The van der Waals surface area contributed by atoms with Gasteiger partial charge in [-0.05, 0) is 12.1 Å². The van der Waals surface area contributed by atoms with Crippen molar-refractivity contribution in [3.63, 3.8) is 0 Å². The number of carbonyl (C=O) groups is 2. The number of hydrogen-bond acceptors (Lipinski definition) is 4. The Hall–Kier alpha value is -1.37. The van der Waals surface area contributed by atoms with Crippen molar-refractivity contribution in [3.05, 3.63) is 28.0 Å². The van der Waals surface area contributed by atoms with Gasteiger partial charge in [-0.15, -0.1) is 0 Å². The number of nitrogens with zero attached hydrogens (tertiary/aromatic N) is 1. The first-order valence-corrected chi connectivity index (χ1v) is 5.68. The molecule has 1 atom stereocenters.